The Labute approximate surface area is 158 Å². The SMILES string of the molecule is Cc1cc(C)n2nc(-c3cc(C4CC4c4cnn(C(F)F)c4)nn3C)nc2n1. The monoisotopic (exact) mass is 384 g/mol. The summed E-state index contributed by atoms with van der Waals surface area (Å²) in [5.41, 5.74) is 4.37. The lowest BCUT2D eigenvalue weighted by Crippen LogP contribution is -1.98. The van der Waals surface area contributed by atoms with Gasteiger partial charge < -0.3 is 0 Å². The van der Waals surface area contributed by atoms with Crippen LogP contribution in [0.25, 0.3) is 17.3 Å². The largest absolute Gasteiger partial charge is 0.333 e. The molecule has 4 aromatic heterocycles. The molecule has 144 valence electrons. The van der Waals surface area contributed by atoms with Crippen molar-refractivity contribution in [1.29, 1.82) is 0 Å². The van der Waals surface area contributed by atoms with E-state index in [1.54, 1.807) is 9.20 Å². The van der Waals surface area contributed by atoms with Gasteiger partial charge in [0.25, 0.3) is 5.78 Å². The van der Waals surface area contributed by atoms with Crippen LogP contribution in [0, 0.1) is 13.8 Å². The molecule has 2 unspecified atom stereocenters. The first kappa shape index (κ1) is 17.0. The molecule has 2 atom stereocenters. The lowest BCUT2D eigenvalue weighted by atomic mass is 10.1. The molecule has 1 fully saturated rings. The number of halogens is 2. The van der Waals surface area contributed by atoms with Gasteiger partial charge in [0.15, 0.2) is 0 Å². The number of alkyl halides is 2. The van der Waals surface area contributed by atoms with Crippen molar-refractivity contribution in [3.8, 4) is 11.5 Å². The molecule has 0 saturated heterocycles. The highest BCUT2D eigenvalue weighted by Gasteiger charge is 2.42. The summed E-state index contributed by atoms with van der Waals surface area (Å²) in [6.45, 7) is 1.27. The van der Waals surface area contributed by atoms with Gasteiger partial charge in [0.05, 0.1) is 11.9 Å². The van der Waals surface area contributed by atoms with Crippen LogP contribution in [0.15, 0.2) is 24.5 Å². The fourth-order valence-electron chi connectivity index (χ4n) is 3.70. The predicted molar refractivity (Wildman–Crippen MR) is 96.0 cm³/mol. The number of aryl methyl sites for hydroxylation is 3. The highest BCUT2D eigenvalue weighted by molar-refractivity contribution is 5.54. The summed E-state index contributed by atoms with van der Waals surface area (Å²) in [4.78, 5) is 8.97. The van der Waals surface area contributed by atoms with Gasteiger partial charge in [-0.3, -0.25) is 4.68 Å². The fourth-order valence-corrected chi connectivity index (χ4v) is 3.70. The number of hydrogen-bond acceptors (Lipinski definition) is 5. The van der Waals surface area contributed by atoms with E-state index in [-0.39, 0.29) is 11.8 Å². The molecule has 0 bridgehead atoms. The van der Waals surface area contributed by atoms with Crippen LogP contribution >= 0.6 is 0 Å². The molecule has 8 nitrogen and oxygen atoms in total. The Bertz CT molecular complexity index is 1190. The van der Waals surface area contributed by atoms with Crippen molar-refractivity contribution >= 4 is 5.78 Å². The Hall–Kier alpha value is -3.17. The maximum atomic E-state index is 12.7. The lowest BCUT2D eigenvalue weighted by molar-refractivity contribution is 0.0565. The van der Waals surface area contributed by atoms with Crippen molar-refractivity contribution in [3.05, 3.63) is 47.2 Å². The van der Waals surface area contributed by atoms with Gasteiger partial charge in [0.2, 0.25) is 5.82 Å². The van der Waals surface area contributed by atoms with Gasteiger partial charge >= 0.3 is 6.55 Å². The third-order valence-electron chi connectivity index (χ3n) is 5.17. The molecular weight excluding hydrogens is 366 g/mol. The van der Waals surface area contributed by atoms with Crippen LogP contribution in [0.2, 0.25) is 0 Å². The molecule has 0 aliphatic heterocycles. The third-order valence-corrected chi connectivity index (χ3v) is 5.17. The average Bonchev–Trinajstić information content (AvgIpc) is 3.00. The molecule has 4 aromatic rings. The third kappa shape index (κ3) is 2.67. The van der Waals surface area contributed by atoms with E-state index in [1.165, 1.54) is 12.4 Å². The van der Waals surface area contributed by atoms with E-state index in [0.717, 1.165) is 34.8 Å². The molecule has 28 heavy (non-hydrogen) atoms. The summed E-state index contributed by atoms with van der Waals surface area (Å²) in [7, 11) is 1.85. The van der Waals surface area contributed by atoms with Crippen LogP contribution in [-0.2, 0) is 7.05 Å². The normalized spacial score (nSPS) is 19.1. The summed E-state index contributed by atoms with van der Waals surface area (Å²) < 4.78 is 29.6. The molecule has 0 spiro atoms. The minimum Gasteiger partial charge on any atom is -0.264 e. The highest BCUT2D eigenvalue weighted by atomic mass is 19.3. The minimum atomic E-state index is -2.62. The second kappa shape index (κ2) is 5.91. The molecule has 0 N–H and O–H groups in total. The maximum absolute atomic E-state index is 12.7. The zero-order chi connectivity index (χ0) is 19.6. The van der Waals surface area contributed by atoms with Crippen LogP contribution in [0.1, 0.15) is 47.5 Å². The summed E-state index contributed by atoms with van der Waals surface area (Å²) >= 11 is 0. The van der Waals surface area contributed by atoms with Crippen LogP contribution in [0.4, 0.5) is 8.78 Å². The van der Waals surface area contributed by atoms with E-state index in [2.05, 4.69) is 25.3 Å². The first-order valence-electron chi connectivity index (χ1n) is 8.98. The molecular formula is C18H18F2N8. The van der Waals surface area contributed by atoms with Crippen molar-refractivity contribution in [2.45, 2.75) is 38.7 Å². The summed E-state index contributed by atoms with van der Waals surface area (Å²) in [6, 6.07) is 3.92. The fraction of sp³-hybridized carbons (Fsp3) is 0.389. The second-order valence-corrected chi connectivity index (χ2v) is 7.24. The van der Waals surface area contributed by atoms with Crippen molar-refractivity contribution < 1.29 is 8.78 Å². The minimum absolute atomic E-state index is 0.163. The summed E-state index contributed by atoms with van der Waals surface area (Å²) in [5, 5.41) is 12.9. The molecule has 10 heteroatoms. The standard InChI is InChI=1S/C18H18F2N8/c1-9-4-10(2)28-18(22-9)23-16(25-28)15-6-14(24-26(15)3)13-5-12(13)11-7-21-27(8-11)17(19)20/h4,6-8,12-13,17H,5H2,1-3H3. The topological polar surface area (TPSA) is 78.7 Å². The van der Waals surface area contributed by atoms with E-state index in [9.17, 15) is 8.78 Å². The molecule has 0 aromatic carbocycles. The predicted octanol–water partition coefficient (Wildman–Crippen LogP) is 3.00. The van der Waals surface area contributed by atoms with Gasteiger partial charge in [-0.2, -0.15) is 24.0 Å². The van der Waals surface area contributed by atoms with Crippen molar-refractivity contribution in [2.75, 3.05) is 0 Å². The molecule has 0 radical (unpaired) electrons. The van der Waals surface area contributed by atoms with Crippen LogP contribution in [0.5, 0.6) is 0 Å². The number of aromatic nitrogens is 8. The Kier molecular flexibility index (Phi) is 3.58. The quantitative estimate of drug-likeness (QED) is 0.540. The molecule has 4 heterocycles. The zero-order valence-corrected chi connectivity index (χ0v) is 15.6. The molecule has 5 rings (SSSR count). The van der Waals surface area contributed by atoms with E-state index < -0.39 is 6.55 Å². The number of hydrogen-bond donors (Lipinski definition) is 0. The van der Waals surface area contributed by atoms with Gasteiger partial charge in [0, 0.05) is 30.6 Å². The summed E-state index contributed by atoms with van der Waals surface area (Å²) in [5.74, 6) is 1.47. The maximum Gasteiger partial charge on any atom is 0.333 e. The molecule has 1 aliphatic carbocycles. The van der Waals surface area contributed by atoms with Gasteiger partial charge in [0.1, 0.15) is 5.69 Å². The Morgan fingerprint density at radius 1 is 1.11 bits per heavy atom. The van der Waals surface area contributed by atoms with E-state index in [0.29, 0.717) is 16.3 Å². The highest BCUT2D eigenvalue weighted by Crippen LogP contribution is 2.54. The molecule has 1 saturated carbocycles. The number of fused-ring (bicyclic) bond motifs is 1. The first-order chi connectivity index (χ1) is 13.4. The Morgan fingerprint density at radius 3 is 2.68 bits per heavy atom. The summed E-state index contributed by atoms with van der Waals surface area (Å²) in [6.07, 6.45) is 3.80. The number of nitrogens with zero attached hydrogens (tertiary/aromatic N) is 8. The van der Waals surface area contributed by atoms with E-state index in [4.69, 9.17) is 0 Å². The molecule has 1 aliphatic rings. The van der Waals surface area contributed by atoms with Gasteiger partial charge in [-0.1, -0.05) is 0 Å². The molecule has 0 amide bonds. The van der Waals surface area contributed by atoms with Crippen molar-refractivity contribution in [3.63, 3.8) is 0 Å². The van der Waals surface area contributed by atoms with Gasteiger partial charge in [-0.25, -0.2) is 14.2 Å². The van der Waals surface area contributed by atoms with E-state index >= 15 is 0 Å². The van der Waals surface area contributed by atoms with Crippen LogP contribution in [-0.4, -0.2) is 39.1 Å². The smallest absolute Gasteiger partial charge is 0.264 e. The van der Waals surface area contributed by atoms with Gasteiger partial charge in [-0.15, -0.1) is 5.10 Å². The second-order valence-electron chi connectivity index (χ2n) is 7.24. The average molecular weight is 384 g/mol. The van der Waals surface area contributed by atoms with Crippen molar-refractivity contribution in [1.82, 2.24) is 39.1 Å². The van der Waals surface area contributed by atoms with Crippen LogP contribution < -0.4 is 0 Å². The lowest BCUT2D eigenvalue weighted by Gasteiger charge is -1.97. The zero-order valence-electron chi connectivity index (χ0n) is 15.6. The van der Waals surface area contributed by atoms with E-state index in [1.807, 2.05) is 33.0 Å². The number of rotatable bonds is 4. The van der Waals surface area contributed by atoms with Crippen LogP contribution in [0.3, 0.4) is 0 Å². The Balaban J connectivity index is 1.44. The first-order valence-corrected chi connectivity index (χ1v) is 8.98. The van der Waals surface area contributed by atoms with Gasteiger partial charge in [-0.05, 0) is 43.9 Å². The van der Waals surface area contributed by atoms with Crippen molar-refractivity contribution in [2.24, 2.45) is 7.05 Å². The Morgan fingerprint density at radius 2 is 1.93 bits per heavy atom.